The van der Waals surface area contributed by atoms with E-state index in [1.54, 1.807) is 17.4 Å². The van der Waals surface area contributed by atoms with Gasteiger partial charge in [0, 0.05) is 18.0 Å². The molecule has 4 atom stereocenters. The normalized spacial score (nSPS) is 19.0. The van der Waals surface area contributed by atoms with Crippen molar-refractivity contribution in [1.29, 1.82) is 0 Å². The minimum Gasteiger partial charge on any atom is -0.390 e. The first-order valence-corrected chi connectivity index (χ1v) is 14.6. The van der Waals surface area contributed by atoms with Gasteiger partial charge in [0.25, 0.3) is 5.91 Å². The van der Waals surface area contributed by atoms with Crippen molar-refractivity contribution < 1.29 is 19.8 Å². The number of aliphatic hydroxyl groups excluding tert-OH is 2. The van der Waals surface area contributed by atoms with Crippen LogP contribution in [0.15, 0.2) is 42.9 Å². The van der Waals surface area contributed by atoms with Gasteiger partial charge in [-0.1, -0.05) is 64.2 Å². The van der Waals surface area contributed by atoms with E-state index in [4.69, 9.17) is 4.98 Å². The molecule has 2 aromatic heterocycles. The van der Waals surface area contributed by atoms with Gasteiger partial charge in [0.1, 0.15) is 12.1 Å². The summed E-state index contributed by atoms with van der Waals surface area (Å²) < 4.78 is 0. The summed E-state index contributed by atoms with van der Waals surface area (Å²) >= 11 is 0. The molecule has 1 aromatic carbocycles. The Morgan fingerprint density at radius 2 is 1.95 bits per heavy atom. The van der Waals surface area contributed by atoms with E-state index in [9.17, 15) is 19.8 Å². The summed E-state index contributed by atoms with van der Waals surface area (Å²) in [7, 11) is 0. The number of carbonyl (C=O) groups excluding carboxylic acids is 2. The molecule has 3 heterocycles. The average Bonchev–Trinajstić information content (AvgIpc) is 3.57. The molecule has 0 bridgehead atoms. The zero-order valence-electron chi connectivity index (χ0n) is 23.4. The third kappa shape index (κ3) is 6.36. The summed E-state index contributed by atoms with van der Waals surface area (Å²) in [5.74, 6) is -0.0237. The quantitative estimate of drug-likeness (QED) is 0.289. The number of aliphatic hydroxyl groups is 2. The molecule has 2 aliphatic rings. The number of rotatable bonds is 11. The molecule has 2 amide bonds. The minimum absolute atomic E-state index is 0.201. The number of aromatic nitrogens is 3. The molecule has 9 nitrogen and oxygen atoms in total. The lowest BCUT2D eigenvalue weighted by atomic mass is 9.82. The third-order valence-electron chi connectivity index (χ3n) is 8.41. The van der Waals surface area contributed by atoms with E-state index in [-0.39, 0.29) is 30.7 Å². The molecule has 4 N–H and O–H groups in total. The molecule has 9 heteroatoms. The highest BCUT2D eigenvalue weighted by molar-refractivity contribution is 6.03. The Labute approximate surface area is 235 Å². The molecule has 1 fully saturated rings. The third-order valence-corrected chi connectivity index (χ3v) is 8.41. The fourth-order valence-electron chi connectivity index (χ4n) is 6.28. The summed E-state index contributed by atoms with van der Waals surface area (Å²) in [6, 6.07) is 8.04. The van der Waals surface area contributed by atoms with Crippen LogP contribution in [0.1, 0.15) is 80.5 Å². The van der Waals surface area contributed by atoms with Gasteiger partial charge in [-0.15, -0.1) is 0 Å². The molecule has 0 spiro atoms. The number of carbonyl (C=O) groups is 2. The topological polar surface area (TPSA) is 131 Å². The summed E-state index contributed by atoms with van der Waals surface area (Å²) in [4.78, 5) is 41.2. The zero-order chi connectivity index (χ0) is 28.2. The lowest BCUT2D eigenvalue weighted by Gasteiger charge is -2.34. The maximum absolute atomic E-state index is 14.0. The van der Waals surface area contributed by atoms with Crippen LogP contribution in [-0.2, 0) is 17.8 Å². The number of fused-ring (bicyclic) bond motifs is 2. The SMILES string of the molecule is CC(C)CC(O)C(O)C(CC1CCCCC1)NC(=O)C(Cc1c[nH]cn1)N1Cc2nc3ccccc3cc2C1=O. The van der Waals surface area contributed by atoms with Crippen LogP contribution in [0, 0.1) is 11.8 Å². The van der Waals surface area contributed by atoms with Crippen molar-refractivity contribution in [3.63, 3.8) is 0 Å². The number of hydrogen-bond acceptors (Lipinski definition) is 6. The summed E-state index contributed by atoms with van der Waals surface area (Å²) in [5.41, 5.74) is 2.62. The molecule has 1 saturated carbocycles. The Morgan fingerprint density at radius 3 is 2.67 bits per heavy atom. The van der Waals surface area contributed by atoms with E-state index >= 15 is 0 Å². The van der Waals surface area contributed by atoms with Gasteiger partial charge < -0.3 is 25.4 Å². The first-order chi connectivity index (χ1) is 19.3. The van der Waals surface area contributed by atoms with Crippen LogP contribution in [0.25, 0.3) is 10.9 Å². The van der Waals surface area contributed by atoms with Crippen LogP contribution in [0.2, 0.25) is 0 Å². The largest absolute Gasteiger partial charge is 0.390 e. The number of pyridine rings is 1. The lowest BCUT2D eigenvalue weighted by Crippen LogP contribution is -2.56. The van der Waals surface area contributed by atoms with Crippen molar-refractivity contribution in [2.24, 2.45) is 11.8 Å². The van der Waals surface area contributed by atoms with Crippen LogP contribution in [0.5, 0.6) is 0 Å². The number of nitrogens with zero attached hydrogens (tertiary/aromatic N) is 3. The van der Waals surface area contributed by atoms with E-state index in [2.05, 4.69) is 15.3 Å². The van der Waals surface area contributed by atoms with Gasteiger partial charge in [0.15, 0.2) is 0 Å². The molecule has 40 heavy (non-hydrogen) atoms. The van der Waals surface area contributed by atoms with Crippen molar-refractivity contribution in [1.82, 2.24) is 25.2 Å². The van der Waals surface area contributed by atoms with Gasteiger partial charge in [0.05, 0.1) is 47.5 Å². The number of aromatic amines is 1. The smallest absolute Gasteiger partial charge is 0.256 e. The van der Waals surface area contributed by atoms with E-state index in [0.717, 1.165) is 36.6 Å². The summed E-state index contributed by atoms with van der Waals surface area (Å²) in [6.45, 7) is 4.21. The molecule has 5 rings (SSSR count). The molecular formula is C31H41N5O4. The molecule has 0 saturated heterocycles. The van der Waals surface area contributed by atoms with Crippen molar-refractivity contribution in [3.8, 4) is 0 Å². The van der Waals surface area contributed by atoms with E-state index in [0.29, 0.717) is 35.7 Å². The average molecular weight is 548 g/mol. The Kier molecular flexibility index (Phi) is 8.81. The van der Waals surface area contributed by atoms with Gasteiger partial charge in [-0.3, -0.25) is 14.6 Å². The van der Waals surface area contributed by atoms with Crippen LogP contribution in [0.3, 0.4) is 0 Å². The van der Waals surface area contributed by atoms with E-state index in [1.807, 2.05) is 44.2 Å². The highest BCUT2D eigenvalue weighted by Crippen LogP contribution is 2.30. The summed E-state index contributed by atoms with van der Waals surface area (Å²) in [5, 5.41) is 26.0. The summed E-state index contributed by atoms with van der Waals surface area (Å²) in [6.07, 6.45) is 8.06. The maximum Gasteiger partial charge on any atom is 0.256 e. The first kappa shape index (κ1) is 28.2. The standard InChI is InChI=1S/C31H41N5O4/c1-19(2)12-28(37)29(38)25(13-20-8-4-3-5-9-20)35-30(39)27(15-22-16-32-18-33-22)36-17-26-23(31(36)40)14-21-10-6-7-11-24(21)34-26/h6-7,10-11,14,16,18-20,25,27-29,37-38H,3-5,8-9,12-13,15,17H2,1-2H3,(H,32,33)(H,35,39). The predicted molar refractivity (Wildman–Crippen MR) is 152 cm³/mol. The molecule has 3 aromatic rings. The molecule has 4 unspecified atom stereocenters. The van der Waals surface area contributed by atoms with Gasteiger partial charge in [-0.2, -0.15) is 0 Å². The highest BCUT2D eigenvalue weighted by Gasteiger charge is 2.40. The number of H-pyrrole nitrogens is 1. The number of benzene rings is 1. The van der Waals surface area contributed by atoms with Gasteiger partial charge in [-0.05, 0) is 36.8 Å². The van der Waals surface area contributed by atoms with E-state index in [1.165, 1.54) is 6.42 Å². The predicted octanol–water partition coefficient (Wildman–Crippen LogP) is 3.75. The van der Waals surface area contributed by atoms with Crippen molar-refractivity contribution >= 4 is 22.7 Å². The second-order valence-electron chi connectivity index (χ2n) is 11.9. The second-order valence-corrected chi connectivity index (χ2v) is 11.9. The number of para-hydroxylation sites is 1. The fraction of sp³-hybridized carbons (Fsp3) is 0.548. The second kappa shape index (κ2) is 12.5. The van der Waals surface area contributed by atoms with Gasteiger partial charge >= 0.3 is 0 Å². The van der Waals surface area contributed by atoms with Gasteiger partial charge in [-0.25, -0.2) is 4.98 Å². The van der Waals surface area contributed by atoms with Crippen LogP contribution < -0.4 is 5.32 Å². The van der Waals surface area contributed by atoms with Crippen LogP contribution in [-0.4, -0.2) is 66.2 Å². The molecule has 0 radical (unpaired) electrons. The first-order valence-electron chi connectivity index (χ1n) is 14.6. The Bertz CT molecular complexity index is 1300. The number of hydrogen-bond donors (Lipinski definition) is 4. The Hall–Kier alpha value is -3.30. The highest BCUT2D eigenvalue weighted by atomic mass is 16.3. The lowest BCUT2D eigenvalue weighted by molar-refractivity contribution is -0.128. The van der Waals surface area contributed by atoms with Crippen molar-refractivity contribution in [3.05, 3.63) is 59.8 Å². The Balaban J connectivity index is 1.40. The Morgan fingerprint density at radius 1 is 1.18 bits per heavy atom. The number of nitrogens with one attached hydrogen (secondary N) is 2. The number of imidazole rings is 1. The minimum atomic E-state index is -1.10. The molecule has 1 aliphatic carbocycles. The number of amides is 2. The molecule has 214 valence electrons. The van der Waals surface area contributed by atoms with Crippen LogP contribution >= 0.6 is 0 Å². The van der Waals surface area contributed by atoms with Crippen molar-refractivity contribution in [2.75, 3.05) is 0 Å². The van der Waals surface area contributed by atoms with Crippen molar-refractivity contribution in [2.45, 2.75) is 96.1 Å². The zero-order valence-corrected chi connectivity index (χ0v) is 23.4. The van der Waals surface area contributed by atoms with Crippen LogP contribution in [0.4, 0.5) is 0 Å². The molecule has 1 aliphatic heterocycles. The van der Waals surface area contributed by atoms with Gasteiger partial charge in [0.2, 0.25) is 5.91 Å². The van der Waals surface area contributed by atoms with E-state index < -0.39 is 24.3 Å². The fourth-order valence-corrected chi connectivity index (χ4v) is 6.28. The molecular weight excluding hydrogens is 506 g/mol. The maximum atomic E-state index is 14.0. The monoisotopic (exact) mass is 547 g/mol.